The number of rotatable bonds is 6. The summed E-state index contributed by atoms with van der Waals surface area (Å²) in [6.45, 7) is 33.9. The van der Waals surface area contributed by atoms with Gasteiger partial charge >= 0.3 is 0 Å². The molecular formula is C32H51P. The van der Waals surface area contributed by atoms with Crippen LogP contribution in [0.3, 0.4) is 0 Å². The normalized spacial score (nSPS) is 8.55. The summed E-state index contributed by atoms with van der Waals surface area (Å²) in [4.78, 5) is 0. The van der Waals surface area contributed by atoms with Crippen LogP contribution in [0.1, 0.15) is 101 Å². The smallest absolute Gasteiger partial charge is 0.0113 e. The van der Waals surface area contributed by atoms with Crippen molar-refractivity contribution in [2.75, 3.05) is 0 Å². The van der Waals surface area contributed by atoms with Crippen molar-refractivity contribution in [1.29, 1.82) is 0 Å². The Morgan fingerprint density at radius 3 is 1.64 bits per heavy atom. The van der Waals surface area contributed by atoms with Crippen LogP contribution in [0.25, 0.3) is 23.8 Å². The number of aryl methyl sites for hydroxylation is 2. The lowest BCUT2D eigenvalue weighted by molar-refractivity contribution is 0.772. The fourth-order valence-corrected chi connectivity index (χ4v) is 3.31. The van der Waals surface area contributed by atoms with Crippen molar-refractivity contribution in [3.05, 3.63) is 90.0 Å². The molecule has 0 aliphatic carbocycles. The lowest BCUT2D eigenvalue weighted by Gasteiger charge is -2.11. The molecular weight excluding hydrogens is 415 g/mol. The maximum Gasteiger partial charge on any atom is -0.0113 e. The topological polar surface area (TPSA) is 0 Å². The number of hydrogen-bond donors (Lipinski definition) is 0. The molecule has 0 radical (unpaired) electrons. The van der Waals surface area contributed by atoms with Crippen LogP contribution in [-0.2, 0) is 0 Å². The molecule has 0 aliphatic heterocycles. The second-order valence-electron chi connectivity index (χ2n) is 7.08. The van der Waals surface area contributed by atoms with E-state index in [0.717, 1.165) is 11.1 Å². The van der Waals surface area contributed by atoms with Crippen molar-refractivity contribution in [3.63, 3.8) is 0 Å². The average Bonchev–Trinajstić information content (AvgIpc) is 2.85. The van der Waals surface area contributed by atoms with Crippen molar-refractivity contribution in [1.82, 2.24) is 0 Å². The molecule has 1 unspecified atom stereocenters. The zero-order chi connectivity index (χ0) is 26.4. The Morgan fingerprint density at radius 1 is 0.818 bits per heavy atom. The van der Waals surface area contributed by atoms with Crippen LogP contribution in [0, 0.1) is 13.8 Å². The molecule has 1 heteroatoms. The van der Waals surface area contributed by atoms with E-state index >= 15 is 0 Å². The van der Waals surface area contributed by atoms with Gasteiger partial charge in [0.05, 0.1) is 0 Å². The standard InChI is InChI=1S/C12H15P.C11H12.C5H12.2C2H6/c1-5-10-8(3)7-9(4)12(13)11(10)6-2;1-4-10-7-5-6-8-11(10)9(2)3;1-3-5-4-2;2*1-2/h5-7H,1-2,13H2,3-4H3;4-8H,1-2H2,3H3;3-5H2,1-2H3;2*1-2H3. The van der Waals surface area contributed by atoms with Crippen molar-refractivity contribution < 1.29 is 0 Å². The van der Waals surface area contributed by atoms with E-state index in [4.69, 9.17) is 0 Å². The number of benzene rings is 2. The molecule has 0 heterocycles. The summed E-state index contributed by atoms with van der Waals surface area (Å²) >= 11 is 0. The Hall–Kier alpha value is -2.17. The van der Waals surface area contributed by atoms with E-state index in [9.17, 15) is 0 Å². The van der Waals surface area contributed by atoms with Gasteiger partial charge < -0.3 is 0 Å². The monoisotopic (exact) mass is 466 g/mol. The molecule has 0 aromatic heterocycles. The first-order valence-electron chi connectivity index (χ1n) is 12.3. The van der Waals surface area contributed by atoms with Crippen molar-refractivity contribution in [2.24, 2.45) is 0 Å². The highest BCUT2D eigenvalue weighted by atomic mass is 31.0. The Balaban J connectivity index is -0.000000407. The lowest BCUT2D eigenvalue weighted by Crippen LogP contribution is -2.05. The van der Waals surface area contributed by atoms with Crippen LogP contribution in [0.4, 0.5) is 0 Å². The lowest BCUT2D eigenvalue weighted by atomic mass is 9.99. The molecule has 0 nitrogen and oxygen atoms in total. The van der Waals surface area contributed by atoms with Crippen LogP contribution in [0.5, 0.6) is 0 Å². The highest BCUT2D eigenvalue weighted by molar-refractivity contribution is 7.27. The van der Waals surface area contributed by atoms with Crippen LogP contribution in [-0.4, -0.2) is 0 Å². The van der Waals surface area contributed by atoms with Gasteiger partial charge in [-0.2, -0.15) is 0 Å². The maximum absolute atomic E-state index is 3.89. The fourth-order valence-electron chi connectivity index (χ4n) is 2.96. The zero-order valence-corrected chi connectivity index (χ0v) is 24.3. The predicted octanol–water partition coefficient (Wildman–Crippen LogP) is 10.7. The molecule has 2 rings (SSSR count). The minimum absolute atomic E-state index is 1.08. The minimum Gasteiger partial charge on any atom is -0.105 e. The highest BCUT2D eigenvalue weighted by Gasteiger charge is 2.05. The number of allylic oxidation sites excluding steroid dienone is 1. The van der Waals surface area contributed by atoms with Crippen LogP contribution >= 0.6 is 9.24 Å². The first-order valence-corrected chi connectivity index (χ1v) is 12.9. The molecule has 2 aromatic carbocycles. The molecule has 33 heavy (non-hydrogen) atoms. The molecule has 184 valence electrons. The number of hydrogen-bond acceptors (Lipinski definition) is 0. The molecule has 0 aliphatic rings. The predicted molar refractivity (Wildman–Crippen MR) is 165 cm³/mol. The first kappa shape index (κ1) is 35.4. The Morgan fingerprint density at radius 2 is 1.30 bits per heavy atom. The summed E-state index contributed by atoms with van der Waals surface area (Å²) < 4.78 is 0. The highest BCUT2D eigenvalue weighted by Crippen LogP contribution is 2.19. The molecule has 0 N–H and O–H groups in total. The van der Waals surface area contributed by atoms with Crippen LogP contribution < -0.4 is 5.30 Å². The molecule has 0 bridgehead atoms. The van der Waals surface area contributed by atoms with Crippen LogP contribution in [0.2, 0.25) is 0 Å². The third-order valence-electron chi connectivity index (χ3n) is 4.62. The van der Waals surface area contributed by atoms with Gasteiger partial charge in [0.2, 0.25) is 0 Å². The van der Waals surface area contributed by atoms with Gasteiger partial charge in [-0.25, -0.2) is 0 Å². The van der Waals surface area contributed by atoms with E-state index in [1.54, 1.807) is 0 Å². The minimum atomic E-state index is 1.08. The molecule has 2 aromatic rings. The van der Waals surface area contributed by atoms with Crippen molar-refractivity contribution in [2.45, 2.75) is 81.6 Å². The van der Waals surface area contributed by atoms with Gasteiger partial charge in [-0.15, -0.1) is 9.24 Å². The van der Waals surface area contributed by atoms with Gasteiger partial charge in [0, 0.05) is 0 Å². The number of unbranched alkanes of at least 4 members (excludes halogenated alkanes) is 2. The molecule has 0 amide bonds. The van der Waals surface area contributed by atoms with Gasteiger partial charge in [-0.3, -0.25) is 0 Å². The second kappa shape index (κ2) is 23.0. The van der Waals surface area contributed by atoms with Crippen molar-refractivity contribution in [3.8, 4) is 0 Å². The van der Waals surface area contributed by atoms with Gasteiger partial charge in [0.25, 0.3) is 0 Å². The summed E-state index contributed by atoms with van der Waals surface area (Å²) in [5.41, 5.74) is 8.32. The van der Waals surface area contributed by atoms with E-state index < -0.39 is 0 Å². The van der Waals surface area contributed by atoms with Gasteiger partial charge in [-0.1, -0.05) is 141 Å². The van der Waals surface area contributed by atoms with E-state index in [1.807, 2.05) is 71.0 Å². The van der Waals surface area contributed by atoms with Gasteiger partial charge in [0.1, 0.15) is 0 Å². The first-order chi connectivity index (χ1) is 15.8. The Kier molecular flexibility index (Phi) is 24.7. The molecule has 1 atom stereocenters. The summed E-state index contributed by atoms with van der Waals surface area (Å²) in [6.07, 6.45) is 9.70. The maximum atomic E-state index is 3.89. The van der Waals surface area contributed by atoms with E-state index in [2.05, 4.69) is 75.4 Å². The largest absolute Gasteiger partial charge is 0.105 e. The van der Waals surface area contributed by atoms with Crippen molar-refractivity contribution >= 4 is 38.3 Å². The van der Waals surface area contributed by atoms with Gasteiger partial charge in [0.15, 0.2) is 0 Å². The molecule has 0 saturated heterocycles. The third kappa shape index (κ3) is 13.9. The third-order valence-corrected chi connectivity index (χ3v) is 5.39. The van der Waals surface area contributed by atoms with E-state index in [1.165, 1.54) is 52.4 Å². The molecule has 0 fully saturated rings. The van der Waals surface area contributed by atoms with E-state index in [0.29, 0.717) is 0 Å². The summed E-state index contributed by atoms with van der Waals surface area (Å²) in [7, 11) is 2.76. The zero-order valence-electron chi connectivity index (χ0n) is 23.1. The van der Waals surface area contributed by atoms with E-state index in [-0.39, 0.29) is 0 Å². The summed E-state index contributed by atoms with van der Waals surface area (Å²) in [6, 6.07) is 10.3. The van der Waals surface area contributed by atoms with Gasteiger partial charge in [-0.05, 0) is 59.5 Å². The summed E-state index contributed by atoms with van der Waals surface area (Å²) in [5, 5.41) is 1.22. The van der Waals surface area contributed by atoms with Crippen LogP contribution in [0.15, 0.2) is 56.6 Å². The Labute approximate surface area is 209 Å². The summed E-state index contributed by atoms with van der Waals surface area (Å²) in [5.74, 6) is 0. The quantitative estimate of drug-likeness (QED) is 0.371. The fraction of sp³-hybridized carbons (Fsp3) is 0.375. The molecule has 0 spiro atoms. The molecule has 0 saturated carbocycles. The Bertz CT molecular complexity index is 823. The average molecular weight is 467 g/mol. The SMILES string of the molecule is C=Cc1c(C)cc(C)c(P)c1C=C.C=Cc1ccccc1C(=C)C.CC.CC.CCCCC. The second-order valence-corrected chi connectivity index (χ2v) is 7.66.